The molecule has 1 aromatic carbocycles. The van der Waals surface area contributed by atoms with Crippen LogP contribution in [0.25, 0.3) is 0 Å². The quantitative estimate of drug-likeness (QED) is 0.619. The number of carbonyl (C=O) groups excluding carboxylic acids is 1. The zero-order valence-electron chi connectivity index (χ0n) is 9.74. The minimum absolute atomic E-state index is 0.197. The van der Waals surface area contributed by atoms with Gasteiger partial charge in [-0.1, -0.05) is 15.9 Å². The van der Waals surface area contributed by atoms with Crippen LogP contribution in [0.2, 0.25) is 0 Å². The van der Waals surface area contributed by atoms with Gasteiger partial charge in [0.05, 0.1) is 19.3 Å². The molecule has 0 heterocycles. The fraction of sp³-hybridized carbons (Fsp3) is 0.462. The molecule has 4 heteroatoms. The van der Waals surface area contributed by atoms with Gasteiger partial charge >= 0.3 is 5.97 Å². The molecule has 2 rings (SSSR count). The van der Waals surface area contributed by atoms with E-state index in [9.17, 15) is 4.79 Å². The number of carbonyl (C=O) groups is 1. The molecule has 1 saturated carbocycles. The average molecular weight is 299 g/mol. The SMILES string of the molecule is COc1ccc(C(=O)OCC2(CBr)CC2)cc1. The minimum atomic E-state index is -0.264. The third-order valence-electron chi connectivity index (χ3n) is 3.08. The zero-order chi connectivity index (χ0) is 12.3. The summed E-state index contributed by atoms with van der Waals surface area (Å²) in [6, 6.07) is 6.95. The van der Waals surface area contributed by atoms with Crippen LogP contribution in [0.5, 0.6) is 5.75 Å². The Morgan fingerprint density at radius 2 is 2.00 bits per heavy atom. The highest BCUT2D eigenvalue weighted by Crippen LogP contribution is 2.47. The average Bonchev–Trinajstić information content (AvgIpc) is 3.17. The summed E-state index contributed by atoms with van der Waals surface area (Å²) < 4.78 is 10.3. The summed E-state index contributed by atoms with van der Waals surface area (Å²) in [6.07, 6.45) is 2.27. The first-order chi connectivity index (χ1) is 8.19. The normalized spacial score (nSPS) is 16.4. The van der Waals surface area contributed by atoms with Gasteiger partial charge in [-0.15, -0.1) is 0 Å². The minimum Gasteiger partial charge on any atom is -0.497 e. The third-order valence-corrected chi connectivity index (χ3v) is 4.27. The first-order valence-electron chi connectivity index (χ1n) is 5.56. The summed E-state index contributed by atoms with van der Waals surface area (Å²) in [4.78, 5) is 11.8. The maximum absolute atomic E-state index is 11.8. The van der Waals surface area contributed by atoms with Crippen LogP contribution in [-0.2, 0) is 4.74 Å². The molecule has 17 heavy (non-hydrogen) atoms. The van der Waals surface area contributed by atoms with Gasteiger partial charge in [0.2, 0.25) is 0 Å². The first-order valence-corrected chi connectivity index (χ1v) is 6.68. The molecular formula is C13H15BrO3. The standard InChI is InChI=1S/C13H15BrO3/c1-16-11-4-2-10(3-5-11)12(15)17-9-13(8-14)6-7-13/h2-5H,6-9H2,1H3. The van der Waals surface area contributed by atoms with E-state index < -0.39 is 0 Å². The lowest BCUT2D eigenvalue weighted by Gasteiger charge is -2.12. The maximum atomic E-state index is 11.8. The van der Waals surface area contributed by atoms with Gasteiger partial charge in [-0.3, -0.25) is 0 Å². The van der Waals surface area contributed by atoms with E-state index in [1.807, 2.05) is 0 Å². The molecule has 0 N–H and O–H groups in total. The molecule has 0 aromatic heterocycles. The lowest BCUT2D eigenvalue weighted by molar-refractivity contribution is 0.0434. The molecule has 3 nitrogen and oxygen atoms in total. The van der Waals surface area contributed by atoms with Crippen LogP contribution in [0.3, 0.4) is 0 Å². The molecule has 1 aliphatic carbocycles. The van der Waals surface area contributed by atoms with Gasteiger partial charge in [0.15, 0.2) is 0 Å². The summed E-state index contributed by atoms with van der Waals surface area (Å²) in [7, 11) is 1.60. The fourth-order valence-corrected chi connectivity index (χ4v) is 2.25. The number of benzene rings is 1. The highest BCUT2D eigenvalue weighted by molar-refractivity contribution is 9.09. The van der Waals surface area contributed by atoms with Gasteiger partial charge in [0.25, 0.3) is 0 Å². The Labute approximate surface area is 109 Å². The highest BCUT2D eigenvalue weighted by atomic mass is 79.9. The largest absolute Gasteiger partial charge is 0.497 e. The Hall–Kier alpha value is -1.03. The van der Waals surface area contributed by atoms with Crippen LogP contribution < -0.4 is 4.74 Å². The van der Waals surface area contributed by atoms with E-state index in [-0.39, 0.29) is 11.4 Å². The fourth-order valence-electron chi connectivity index (χ4n) is 1.52. The van der Waals surface area contributed by atoms with E-state index >= 15 is 0 Å². The molecule has 0 aliphatic heterocycles. The summed E-state index contributed by atoms with van der Waals surface area (Å²) in [5, 5.41) is 0.899. The van der Waals surface area contributed by atoms with E-state index in [0.29, 0.717) is 12.2 Å². The third kappa shape index (κ3) is 3.00. The van der Waals surface area contributed by atoms with Crippen molar-refractivity contribution in [1.29, 1.82) is 0 Å². The number of esters is 1. The van der Waals surface area contributed by atoms with E-state index in [1.165, 1.54) is 0 Å². The van der Waals surface area contributed by atoms with Crippen molar-refractivity contribution in [3.63, 3.8) is 0 Å². The zero-order valence-corrected chi connectivity index (χ0v) is 11.3. The van der Waals surface area contributed by atoms with Gasteiger partial charge in [0.1, 0.15) is 5.75 Å². The Morgan fingerprint density at radius 1 is 1.35 bits per heavy atom. The van der Waals surface area contributed by atoms with Crippen molar-refractivity contribution in [1.82, 2.24) is 0 Å². The van der Waals surface area contributed by atoms with Crippen LogP contribution >= 0.6 is 15.9 Å². The molecule has 0 atom stereocenters. The molecule has 0 radical (unpaired) electrons. The van der Waals surface area contributed by atoms with Gasteiger partial charge in [-0.05, 0) is 37.1 Å². The Balaban J connectivity index is 1.90. The van der Waals surface area contributed by atoms with Crippen molar-refractivity contribution < 1.29 is 14.3 Å². The van der Waals surface area contributed by atoms with Crippen LogP contribution in [0.4, 0.5) is 0 Å². The smallest absolute Gasteiger partial charge is 0.338 e. The topological polar surface area (TPSA) is 35.5 Å². The Morgan fingerprint density at radius 3 is 2.47 bits per heavy atom. The van der Waals surface area contributed by atoms with Gasteiger partial charge < -0.3 is 9.47 Å². The molecule has 0 saturated heterocycles. The Bertz CT molecular complexity index is 396. The van der Waals surface area contributed by atoms with Gasteiger partial charge in [-0.25, -0.2) is 4.79 Å². The second-order valence-corrected chi connectivity index (χ2v) is 5.00. The van der Waals surface area contributed by atoms with Crippen LogP contribution in [0.15, 0.2) is 24.3 Å². The summed E-state index contributed by atoms with van der Waals surface area (Å²) in [5.41, 5.74) is 0.762. The molecule has 0 bridgehead atoms. The van der Waals surface area contributed by atoms with Crippen molar-refractivity contribution in [2.75, 3.05) is 19.0 Å². The molecule has 0 unspecified atom stereocenters. The number of hydrogen-bond donors (Lipinski definition) is 0. The van der Waals surface area contributed by atoms with Crippen LogP contribution in [0.1, 0.15) is 23.2 Å². The number of halogens is 1. The van der Waals surface area contributed by atoms with Crippen LogP contribution in [-0.4, -0.2) is 25.0 Å². The lowest BCUT2D eigenvalue weighted by atomic mass is 10.1. The van der Waals surface area contributed by atoms with E-state index in [4.69, 9.17) is 9.47 Å². The van der Waals surface area contributed by atoms with Crippen molar-refractivity contribution >= 4 is 21.9 Å². The van der Waals surface area contributed by atoms with Gasteiger partial charge in [-0.2, -0.15) is 0 Å². The van der Waals surface area contributed by atoms with E-state index in [2.05, 4.69) is 15.9 Å². The van der Waals surface area contributed by atoms with Crippen LogP contribution in [0, 0.1) is 5.41 Å². The molecular weight excluding hydrogens is 284 g/mol. The molecule has 92 valence electrons. The summed E-state index contributed by atoms with van der Waals surface area (Å²) >= 11 is 3.45. The lowest BCUT2D eigenvalue weighted by Crippen LogP contribution is -2.16. The van der Waals surface area contributed by atoms with Gasteiger partial charge in [0, 0.05) is 10.7 Å². The van der Waals surface area contributed by atoms with Crippen molar-refractivity contribution in [2.24, 2.45) is 5.41 Å². The molecule has 0 amide bonds. The molecule has 1 aliphatic rings. The maximum Gasteiger partial charge on any atom is 0.338 e. The Kier molecular flexibility index (Phi) is 3.72. The van der Waals surface area contributed by atoms with E-state index in [0.717, 1.165) is 23.9 Å². The van der Waals surface area contributed by atoms with E-state index in [1.54, 1.807) is 31.4 Å². The van der Waals surface area contributed by atoms with Crippen molar-refractivity contribution in [3.8, 4) is 5.75 Å². The van der Waals surface area contributed by atoms with Crippen molar-refractivity contribution in [2.45, 2.75) is 12.8 Å². The summed E-state index contributed by atoms with van der Waals surface area (Å²) in [5.74, 6) is 0.473. The number of hydrogen-bond acceptors (Lipinski definition) is 3. The predicted molar refractivity (Wildman–Crippen MR) is 68.7 cm³/mol. The number of methoxy groups -OCH3 is 1. The number of alkyl halides is 1. The predicted octanol–water partition coefficient (Wildman–Crippen LogP) is 3.03. The second-order valence-electron chi connectivity index (χ2n) is 4.44. The molecule has 1 fully saturated rings. The second kappa shape index (κ2) is 5.08. The molecule has 0 spiro atoms. The molecule has 1 aromatic rings. The summed E-state index contributed by atoms with van der Waals surface area (Å²) in [6.45, 7) is 0.503. The number of rotatable bonds is 5. The first kappa shape index (κ1) is 12.4. The number of ether oxygens (including phenoxy) is 2. The highest BCUT2D eigenvalue weighted by Gasteiger charge is 2.42. The monoisotopic (exact) mass is 298 g/mol. The van der Waals surface area contributed by atoms with Crippen molar-refractivity contribution in [3.05, 3.63) is 29.8 Å².